The molecule has 0 unspecified atom stereocenters. The quantitative estimate of drug-likeness (QED) is 0.244. The van der Waals surface area contributed by atoms with Gasteiger partial charge >= 0.3 is 0 Å². The molecule has 0 atom stereocenters. The second-order valence-electron chi connectivity index (χ2n) is 10.6. The Morgan fingerprint density at radius 1 is 0.737 bits per heavy atom. The molecule has 3 heteroatoms. The van der Waals surface area contributed by atoms with Crippen LogP contribution in [0.5, 0.6) is 0 Å². The number of carbonyl (C=O) groups is 1. The summed E-state index contributed by atoms with van der Waals surface area (Å²) in [5.41, 5.74) is 15.1. The number of amides is 1. The third kappa shape index (κ3) is 4.97. The zero-order valence-electron chi connectivity index (χ0n) is 22.5. The highest BCUT2D eigenvalue weighted by Crippen LogP contribution is 2.39. The number of benzene rings is 4. The molecule has 0 saturated carbocycles. The van der Waals surface area contributed by atoms with Crippen molar-refractivity contribution in [3.63, 3.8) is 0 Å². The van der Waals surface area contributed by atoms with Gasteiger partial charge in [-0.05, 0) is 63.1 Å². The maximum Gasteiger partial charge on any atom is 0.248 e. The zero-order chi connectivity index (χ0) is 26.8. The molecule has 0 spiro atoms. The Morgan fingerprint density at radius 3 is 2.08 bits per heavy atom. The molecule has 0 saturated heterocycles. The van der Waals surface area contributed by atoms with E-state index in [9.17, 15) is 4.79 Å². The number of nitrogens with two attached hydrogens (primary N) is 1. The third-order valence-corrected chi connectivity index (χ3v) is 7.30. The molecule has 5 rings (SSSR count). The predicted molar refractivity (Wildman–Crippen MR) is 159 cm³/mol. The van der Waals surface area contributed by atoms with E-state index in [1.807, 2.05) is 18.2 Å². The number of fused-ring (bicyclic) bond motifs is 1. The first-order valence-corrected chi connectivity index (χ1v) is 13.3. The first-order chi connectivity index (χ1) is 18.3. The summed E-state index contributed by atoms with van der Waals surface area (Å²) in [5.74, 6) is 0.294. The normalized spacial score (nSPS) is 11.4. The van der Waals surface area contributed by atoms with E-state index in [0.29, 0.717) is 23.8 Å². The monoisotopic (exact) mass is 498 g/mol. The van der Waals surface area contributed by atoms with Crippen LogP contribution in [0, 0.1) is 0 Å². The predicted octanol–water partition coefficient (Wildman–Crippen LogP) is 8.51. The SMILES string of the molecule is CC(C)c1cccc(C(C)C)c1-c1ccc(-c2ccc3ccccc3c2)nc1Cc1ccccc1C(N)=O. The lowest BCUT2D eigenvalue weighted by atomic mass is 9.83. The highest BCUT2D eigenvalue weighted by molar-refractivity contribution is 5.94. The minimum atomic E-state index is -0.418. The van der Waals surface area contributed by atoms with Crippen LogP contribution in [-0.2, 0) is 6.42 Å². The fraction of sp³-hybridized carbons (Fsp3) is 0.200. The van der Waals surface area contributed by atoms with Crippen molar-refractivity contribution in [2.45, 2.75) is 46.0 Å². The summed E-state index contributed by atoms with van der Waals surface area (Å²) in [5, 5.41) is 2.39. The van der Waals surface area contributed by atoms with Crippen LogP contribution in [0.25, 0.3) is 33.2 Å². The first kappa shape index (κ1) is 25.4. The van der Waals surface area contributed by atoms with Gasteiger partial charge in [-0.1, -0.05) is 107 Å². The summed E-state index contributed by atoms with van der Waals surface area (Å²) < 4.78 is 0. The summed E-state index contributed by atoms with van der Waals surface area (Å²) in [6.45, 7) is 8.95. The van der Waals surface area contributed by atoms with Gasteiger partial charge < -0.3 is 5.73 Å². The number of hydrogen-bond acceptors (Lipinski definition) is 2. The Kier molecular flexibility index (Phi) is 7.11. The average molecular weight is 499 g/mol. The van der Waals surface area contributed by atoms with Gasteiger partial charge in [-0.2, -0.15) is 0 Å². The minimum Gasteiger partial charge on any atom is -0.366 e. The van der Waals surface area contributed by atoms with Crippen LogP contribution in [0.4, 0.5) is 0 Å². The average Bonchev–Trinajstić information content (AvgIpc) is 2.92. The molecule has 3 nitrogen and oxygen atoms in total. The maximum absolute atomic E-state index is 12.3. The molecule has 2 N–H and O–H groups in total. The van der Waals surface area contributed by atoms with Gasteiger partial charge in [0.25, 0.3) is 0 Å². The molecule has 4 aromatic carbocycles. The van der Waals surface area contributed by atoms with E-state index in [2.05, 4.69) is 100 Å². The summed E-state index contributed by atoms with van der Waals surface area (Å²) >= 11 is 0. The van der Waals surface area contributed by atoms with Crippen LogP contribution in [0.3, 0.4) is 0 Å². The van der Waals surface area contributed by atoms with Crippen molar-refractivity contribution in [2.24, 2.45) is 5.73 Å². The molecule has 38 heavy (non-hydrogen) atoms. The molecule has 190 valence electrons. The molecule has 0 aliphatic heterocycles. The molecular weight excluding hydrogens is 464 g/mol. The molecule has 0 aliphatic carbocycles. The van der Waals surface area contributed by atoms with E-state index in [1.54, 1.807) is 6.07 Å². The lowest BCUT2D eigenvalue weighted by Crippen LogP contribution is -2.14. The zero-order valence-corrected chi connectivity index (χ0v) is 22.5. The Hall–Kier alpha value is -4.24. The number of nitrogens with zero attached hydrogens (tertiary/aromatic N) is 1. The van der Waals surface area contributed by atoms with Gasteiger partial charge in [0.1, 0.15) is 0 Å². The van der Waals surface area contributed by atoms with Crippen LogP contribution >= 0.6 is 0 Å². The molecule has 5 aromatic rings. The third-order valence-electron chi connectivity index (χ3n) is 7.30. The number of aromatic nitrogens is 1. The van der Waals surface area contributed by atoms with Crippen LogP contribution in [-0.4, -0.2) is 10.9 Å². The van der Waals surface area contributed by atoms with Gasteiger partial charge in [0, 0.05) is 23.1 Å². The summed E-state index contributed by atoms with van der Waals surface area (Å²) in [6.07, 6.45) is 0.514. The molecule has 0 fully saturated rings. The van der Waals surface area contributed by atoms with Gasteiger partial charge in [0.15, 0.2) is 0 Å². The Labute approximate surface area is 225 Å². The molecule has 1 amide bonds. The van der Waals surface area contributed by atoms with Crippen molar-refractivity contribution in [2.75, 3.05) is 0 Å². The fourth-order valence-electron chi connectivity index (χ4n) is 5.33. The van der Waals surface area contributed by atoms with Crippen molar-refractivity contribution >= 4 is 16.7 Å². The number of primary amides is 1. The summed E-state index contributed by atoms with van der Waals surface area (Å²) in [6, 6.07) is 33.4. The Balaban J connectivity index is 1.74. The Bertz CT molecular complexity index is 1600. The van der Waals surface area contributed by atoms with Crippen LogP contribution < -0.4 is 5.73 Å². The maximum atomic E-state index is 12.3. The second-order valence-corrected chi connectivity index (χ2v) is 10.6. The molecule has 1 heterocycles. The molecule has 0 aliphatic rings. The van der Waals surface area contributed by atoms with Crippen molar-refractivity contribution < 1.29 is 4.79 Å². The number of rotatable bonds is 7. The van der Waals surface area contributed by atoms with Gasteiger partial charge in [0.2, 0.25) is 5.91 Å². The lowest BCUT2D eigenvalue weighted by Gasteiger charge is -2.22. The molecular formula is C35H34N2O. The van der Waals surface area contributed by atoms with Crippen molar-refractivity contribution in [1.82, 2.24) is 4.98 Å². The van der Waals surface area contributed by atoms with Crippen molar-refractivity contribution in [3.8, 4) is 22.4 Å². The highest BCUT2D eigenvalue weighted by atomic mass is 16.1. The van der Waals surface area contributed by atoms with Gasteiger partial charge in [-0.25, -0.2) is 0 Å². The van der Waals surface area contributed by atoms with Crippen molar-refractivity contribution in [3.05, 3.63) is 125 Å². The van der Waals surface area contributed by atoms with Crippen LogP contribution in [0.15, 0.2) is 97.1 Å². The number of hydrogen-bond donors (Lipinski definition) is 1. The van der Waals surface area contributed by atoms with Crippen LogP contribution in [0.1, 0.15) is 72.3 Å². The van der Waals surface area contributed by atoms with E-state index in [0.717, 1.165) is 28.1 Å². The van der Waals surface area contributed by atoms with E-state index in [1.165, 1.54) is 27.5 Å². The fourth-order valence-corrected chi connectivity index (χ4v) is 5.33. The second kappa shape index (κ2) is 10.6. The molecule has 0 radical (unpaired) electrons. The van der Waals surface area contributed by atoms with Crippen LogP contribution in [0.2, 0.25) is 0 Å². The summed E-state index contributed by atoms with van der Waals surface area (Å²) in [4.78, 5) is 17.5. The van der Waals surface area contributed by atoms with Gasteiger partial charge in [-0.15, -0.1) is 0 Å². The first-order valence-electron chi connectivity index (χ1n) is 13.3. The van der Waals surface area contributed by atoms with Gasteiger partial charge in [0.05, 0.1) is 11.4 Å². The smallest absolute Gasteiger partial charge is 0.248 e. The lowest BCUT2D eigenvalue weighted by molar-refractivity contribution is 0.0999. The molecule has 0 bridgehead atoms. The number of pyridine rings is 1. The van der Waals surface area contributed by atoms with E-state index in [4.69, 9.17) is 10.7 Å². The number of carbonyl (C=O) groups excluding carboxylic acids is 1. The van der Waals surface area contributed by atoms with Crippen molar-refractivity contribution in [1.29, 1.82) is 0 Å². The molecule has 1 aromatic heterocycles. The minimum absolute atomic E-state index is 0.356. The highest BCUT2D eigenvalue weighted by Gasteiger charge is 2.21. The largest absolute Gasteiger partial charge is 0.366 e. The van der Waals surface area contributed by atoms with E-state index in [-0.39, 0.29) is 0 Å². The topological polar surface area (TPSA) is 56.0 Å². The van der Waals surface area contributed by atoms with E-state index >= 15 is 0 Å². The summed E-state index contributed by atoms with van der Waals surface area (Å²) in [7, 11) is 0. The standard InChI is InChI=1S/C35H34N2O/c1-22(2)28-14-9-15-29(23(3)4)34(28)31-18-19-32(27-17-16-24-10-5-6-11-25(24)20-27)37-33(31)21-26-12-7-8-13-30(26)35(36)38/h5-20,22-23H,21H2,1-4H3,(H2,36,38). The van der Waals surface area contributed by atoms with E-state index < -0.39 is 5.91 Å². The van der Waals surface area contributed by atoms with Gasteiger partial charge in [-0.3, -0.25) is 9.78 Å². The Morgan fingerprint density at radius 2 is 1.39 bits per heavy atom.